The summed E-state index contributed by atoms with van der Waals surface area (Å²) >= 11 is 0. The number of benzene rings is 1. The molecule has 0 aliphatic heterocycles. The van der Waals surface area contributed by atoms with E-state index in [0.29, 0.717) is 11.3 Å². The third-order valence-electron chi connectivity index (χ3n) is 2.38. The Balaban J connectivity index is 2.42. The van der Waals surface area contributed by atoms with Gasteiger partial charge in [0.15, 0.2) is 0 Å². The molecule has 0 fully saturated rings. The van der Waals surface area contributed by atoms with Crippen molar-refractivity contribution in [3.8, 4) is 0 Å². The first-order chi connectivity index (χ1) is 7.68. The Morgan fingerprint density at radius 1 is 1.19 bits per heavy atom. The number of pyridine rings is 1. The van der Waals surface area contributed by atoms with E-state index in [1.54, 1.807) is 30.5 Å². The molecule has 0 spiro atoms. The lowest BCUT2D eigenvalue weighted by atomic mass is 10.1. The molecule has 0 saturated heterocycles. The van der Waals surface area contributed by atoms with Crippen molar-refractivity contribution in [1.82, 2.24) is 4.57 Å². The van der Waals surface area contributed by atoms with E-state index in [2.05, 4.69) is 0 Å². The molecule has 16 heavy (non-hydrogen) atoms. The standard InChI is InChI=1S/C12H11FN2O/c13-10-4-3-5-11(14)9(10)8-15-7-2-1-6-12(15)16/h1-7H,8,14H2. The number of halogens is 1. The van der Waals surface area contributed by atoms with Gasteiger partial charge in [-0.15, -0.1) is 0 Å². The summed E-state index contributed by atoms with van der Waals surface area (Å²) in [6.45, 7) is 0.151. The summed E-state index contributed by atoms with van der Waals surface area (Å²) in [4.78, 5) is 11.4. The number of hydrogen-bond donors (Lipinski definition) is 1. The average Bonchev–Trinajstić information content (AvgIpc) is 2.26. The van der Waals surface area contributed by atoms with Crippen molar-refractivity contribution < 1.29 is 4.39 Å². The minimum absolute atomic E-state index is 0.151. The molecule has 0 aliphatic rings. The van der Waals surface area contributed by atoms with Crippen LogP contribution in [0.4, 0.5) is 10.1 Å². The van der Waals surface area contributed by atoms with Crippen LogP contribution in [-0.4, -0.2) is 4.57 Å². The number of hydrogen-bond acceptors (Lipinski definition) is 2. The number of anilines is 1. The lowest BCUT2D eigenvalue weighted by Gasteiger charge is -2.08. The first kappa shape index (κ1) is 10.4. The van der Waals surface area contributed by atoms with Crippen molar-refractivity contribution >= 4 is 5.69 Å². The molecule has 0 amide bonds. The summed E-state index contributed by atoms with van der Waals surface area (Å²) in [5.74, 6) is -0.393. The highest BCUT2D eigenvalue weighted by atomic mass is 19.1. The number of nitrogens with two attached hydrogens (primary N) is 1. The van der Waals surface area contributed by atoms with Crippen LogP contribution in [0.5, 0.6) is 0 Å². The molecule has 82 valence electrons. The monoisotopic (exact) mass is 218 g/mol. The van der Waals surface area contributed by atoms with Gasteiger partial charge in [0.1, 0.15) is 5.82 Å². The second kappa shape index (κ2) is 4.18. The highest BCUT2D eigenvalue weighted by molar-refractivity contribution is 5.47. The topological polar surface area (TPSA) is 48.0 Å². The number of nitrogen functional groups attached to an aromatic ring is 1. The van der Waals surface area contributed by atoms with Gasteiger partial charge < -0.3 is 10.3 Å². The summed E-state index contributed by atoms with van der Waals surface area (Å²) in [5.41, 5.74) is 6.19. The van der Waals surface area contributed by atoms with Crippen LogP contribution >= 0.6 is 0 Å². The first-order valence-electron chi connectivity index (χ1n) is 4.87. The molecule has 3 nitrogen and oxygen atoms in total. The Bertz CT molecular complexity index is 543. The molecule has 4 heteroatoms. The van der Waals surface area contributed by atoms with Crippen LogP contribution in [0.25, 0.3) is 0 Å². The minimum Gasteiger partial charge on any atom is -0.398 e. The van der Waals surface area contributed by atoms with Gasteiger partial charge in [0.25, 0.3) is 5.56 Å². The van der Waals surface area contributed by atoms with Gasteiger partial charge in [0, 0.05) is 23.5 Å². The maximum absolute atomic E-state index is 13.5. The van der Waals surface area contributed by atoms with E-state index in [4.69, 9.17) is 5.73 Å². The lowest BCUT2D eigenvalue weighted by molar-refractivity contribution is 0.597. The maximum Gasteiger partial charge on any atom is 0.250 e. The van der Waals surface area contributed by atoms with Crippen molar-refractivity contribution in [1.29, 1.82) is 0 Å². The smallest absolute Gasteiger partial charge is 0.250 e. The molecule has 2 rings (SSSR count). The number of aromatic nitrogens is 1. The van der Waals surface area contributed by atoms with Crippen molar-refractivity contribution in [2.45, 2.75) is 6.54 Å². The van der Waals surface area contributed by atoms with Crippen LogP contribution < -0.4 is 11.3 Å². The Labute approximate surface area is 92.0 Å². The fourth-order valence-corrected chi connectivity index (χ4v) is 1.50. The van der Waals surface area contributed by atoms with E-state index in [-0.39, 0.29) is 12.1 Å². The highest BCUT2D eigenvalue weighted by Gasteiger charge is 2.06. The lowest BCUT2D eigenvalue weighted by Crippen LogP contribution is -2.19. The van der Waals surface area contributed by atoms with Gasteiger partial charge in [0.05, 0.1) is 6.54 Å². The maximum atomic E-state index is 13.5. The summed E-state index contributed by atoms with van der Waals surface area (Å²) in [6, 6.07) is 9.28. The average molecular weight is 218 g/mol. The van der Waals surface area contributed by atoms with Crippen LogP contribution in [0, 0.1) is 5.82 Å². The molecular weight excluding hydrogens is 207 g/mol. The largest absolute Gasteiger partial charge is 0.398 e. The molecule has 1 aromatic carbocycles. The Kier molecular flexibility index (Phi) is 2.72. The summed E-state index contributed by atoms with van der Waals surface area (Å²) < 4.78 is 14.9. The molecule has 2 aromatic rings. The van der Waals surface area contributed by atoms with Crippen molar-refractivity contribution in [3.63, 3.8) is 0 Å². The van der Waals surface area contributed by atoms with Gasteiger partial charge >= 0.3 is 0 Å². The molecule has 0 bridgehead atoms. The van der Waals surface area contributed by atoms with Gasteiger partial charge in [-0.2, -0.15) is 0 Å². The second-order valence-corrected chi connectivity index (χ2v) is 3.47. The Morgan fingerprint density at radius 2 is 2.00 bits per heavy atom. The van der Waals surface area contributed by atoms with Crippen LogP contribution in [0.15, 0.2) is 47.4 Å². The minimum atomic E-state index is -0.393. The van der Waals surface area contributed by atoms with Crippen LogP contribution in [0.2, 0.25) is 0 Å². The van der Waals surface area contributed by atoms with Crippen molar-refractivity contribution in [2.75, 3.05) is 5.73 Å². The van der Waals surface area contributed by atoms with Gasteiger partial charge in [-0.05, 0) is 18.2 Å². The molecule has 0 atom stereocenters. The molecule has 0 aliphatic carbocycles. The molecule has 0 radical (unpaired) electrons. The summed E-state index contributed by atoms with van der Waals surface area (Å²) in [5, 5.41) is 0. The summed E-state index contributed by atoms with van der Waals surface area (Å²) in [7, 11) is 0. The molecule has 0 saturated carbocycles. The zero-order chi connectivity index (χ0) is 11.5. The van der Waals surface area contributed by atoms with E-state index in [9.17, 15) is 9.18 Å². The molecular formula is C12H11FN2O. The number of rotatable bonds is 2. The fraction of sp³-hybridized carbons (Fsp3) is 0.0833. The van der Waals surface area contributed by atoms with E-state index >= 15 is 0 Å². The molecule has 0 unspecified atom stereocenters. The van der Waals surface area contributed by atoms with Gasteiger partial charge in [-0.3, -0.25) is 4.79 Å². The fourth-order valence-electron chi connectivity index (χ4n) is 1.50. The van der Waals surface area contributed by atoms with Crippen LogP contribution in [0.1, 0.15) is 5.56 Å². The quantitative estimate of drug-likeness (QED) is 0.778. The Hall–Kier alpha value is -2.10. The van der Waals surface area contributed by atoms with E-state index in [1.165, 1.54) is 16.7 Å². The van der Waals surface area contributed by atoms with E-state index < -0.39 is 5.82 Å². The van der Waals surface area contributed by atoms with E-state index in [0.717, 1.165) is 0 Å². The zero-order valence-electron chi connectivity index (χ0n) is 8.56. The van der Waals surface area contributed by atoms with Gasteiger partial charge in [-0.25, -0.2) is 4.39 Å². The molecule has 2 N–H and O–H groups in total. The van der Waals surface area contributed by atoms with Crippen LogP contribution in [0.3, 0.4) is 0 Å². The van der Waals surface area contributed by atoms with Crippen molar-refractivity contribution in [2.24, 2.45) is 0 Å². The molecule has 1 aromatic heterocycles. The van der Waals surface area contributed by atoms with Gasteiger partial charge in [0.2, 0.25) is 0 Å². The third-order valence-corrected chi connectivity index (χ3v) is 2.38. The van der Waals surface area contributed by atoms with Gasteiger partial charge in [-0.1, -0.05) is 12.1 Å². The van der Waals surface area contributed by atoms with Crippen LogP contribution in [-0.2, 0) is 6.54 Å². The van der Waals surface area contributed by atoms with Crippen molar-refractivity contribution in [3.05, 3.63) is 64.3 Å². The second-order valence-electron chi connectivity index (χ2n) is 3.47. The summed E-state index contributed by atoms with van der Waals surface area (Å²) in [6.07, 6.45) is 1.61. The SMILES string of the molecule is Nc1cccc(F)c1Cn1ccccc1=O. The number of nitrogens with zero attached hydrogens (tertiary/aromatic N) is 1. The predicted molar refractivity (Wildman–Crippen MR) is 60.6 cm³/mol. The van der Waals surface area contributed by atoms with E-state index in [1.807, 2.05) is 0 Å². The third kappa shape index (κ3) is 1.95. The highest BCUT2D eigenvalue weighted by Crippen LogP contribution is 2.16. The zero-order valence-corrected chi connectivity index (χ0v) is 8.56. The predicted octanol–water partition coefficient (Wildman–Crippen LogP) is 1.62. The Morgan fingerprint density at radius 3 is 2.69 bits per heavy atom. The normalized spacial score (nSPS) is 10.3. The first-order valence-corrected chi connectivity index (χ1v) is 4.87. The molecule has 1 heterocycles.